The monoisotopic (exact) mass is 382 g/mol. The normalized spacial score (nSPS) is 24.5. The second kappa shape index (κ2) is 9.43. The number of hydrogen-bond donors (Lipinski definition) is 1. The molecule has 1 aromatic rings. The fourth-order valence-electron chi connectivity index (χ4n) is 4.94. The van der Waals surface area contributed by atoms with Crippen molar-refractivity contribution in [2.24, 2.45) is 23.5 Å². The smallest absolute Gasteiger partial charge is 0.235 e. The highest BCUT2D eigenvalue weighted by Gasteiger charge is 2.31. The molecule has 0 bridgehead atoms. The Kier molecular flexibility index (Phi) is 6.96. The highest BCUT2D eigenvalue weighted by atomic mass is 16.1. The number of carbonyl (C=O) groups is 1. The van der Waals surface area contributed by atoms with Crippen LogP contribution < -0.4 is 10.6 Å². The van der Waals surface area contributed by atoms with E-state index in [1.54, 1.807) is 0 Å². The molecule has 3 rings (SSSR count). The van der Waals surface area contributed by atoms with Gasteiger partial charge in [0.25, 0.3) is 0 Å². The number of nitrogens with two attached hydrogens (primary N) is 1. The molecule has 1 atom stereocenters. The first kappa shape index (κ1) is 20.7. The lowest BCUT2D eigenvalue weighted by atomic mass is 9.75. The summed E-state index contributed by atoms with van der Waals surface area (Å²) < 4.78 is 0. The third-order valence-electron chi connectivity index (χ3n) is 6.61. The van der Waals surface area contributed by atoms with Crippen LogP contribution in [0.2, 0.25) is 0 Å². The highest BCUT2D eigenvalue weighted by Crippen LogP contribution is 2.35. The first-order valence-electron chi connectivity index (χ1n) is 10.7. The predicted molar refractivity (Wildman–Crippen MR) is 113 cm³/mol. The summed E-state index contributed by atoms with van der Waals surface area (Å²) in [4.78, 5) is 16.5. The third kappa shape index (κ3) is 5.26. The van der Waals surface area contributed by atoms with Gasteiger partial charge in [0.05, 0.1) is 6.07 Å². The van der Waals surface area contributed by atoms with Crippen LogP contribution in [0, 0.1) is 42.9 Å². The Morgan fingerprint density at radius 1 is 1.11 bits per heavy atom. The van der Waals surface area contributed by atoms with Crippen molar-refractivity contribution in [1.82, 2.24) is 4.90 Å². The zero-order valence-electron chi connectivity index (χ0n) is 17.4. The van der Waals surface area contributed by atoms with E-state index in [2.05, 4.69) is 47.9 Å². The third-order valence-corrected chi connectivity index (χ3v) is 6.61. The molecule has 28 heavy (non-hydrogen) atoms. The van der Waals surface area contributed by atoms with Gasteiger partial charge in [-0.15, -0.1) is 0 Å². The minimum atomic E-state index is -0.598. The van der Waals surface area contributed by atoms with E-state index in [0.717, 1.165) is 64.3 Å². The van der Waals surface area contributed by atoms with Crippen LogP contribution in [0.25, 0.3) is 0 Å². The Bertz CT molecular complexity index is 690. The lowest BCUT2D eigenvalue weighted by molar-refractivity contribution is -0.122. The molecule has 1 aliphatic heterocycles. The maximum atomic E-state index is 11.4. The summed E-state index contributed by atoms with van der Waals surface area (Å²) in [6.45, 7) is 9.94. The first-order chi connectivity index (χ1) is 13.5. The molecule has 5 nitrogen and oxygen atoms in total. The van der Waals surface area contributed by atoms with E-state index in [4.69, 9.17) is 11.0 Å². The van der Waals surface area contributed by atoms with Gasteiger partial charge in [-0.05, 0) is 74.8 Å². The molecule has 1 aromatic carbocycles. The molecule has 5 heteroatoms. The van der Waals surface area contributed by atoms with Gasteiger partial charge in [0, 0.05) is 31.9 Å². The van der Waals surface area contributed by atoms with Gasteiger partial charge < -0.3 is 10.6 Å². The number of rotatable bonds is 6. The number of benzene rings is 1. The summed E-state index contributed by atoms with van der Waals surface area (Å²) in [6, 6.07) is 8.93. The molecule has 1 aliphatic carbocycles. The van der Waals surface area contributed by atoms with Crippen LogP contribution in [0.3, 0.4) is 0 Å². The summed E-state index contributed by atoms with van der Waals surface area (Å²) in [5.41, 5.74) is 9.40. The van der Waals surface area contributed by atoms with Gasteiger partial charge in [-0.2, -0.15) is 5.26 Å². The molecule has 0 radical (unpaired) electrons. The molecule has 1 heterocycles. The van der Waals surface area contributed by atoms with E-state index in [1.807, 2.05) is 0 Å². The van der Waals surface area contributed by atoms with E-state index >= 15 is 0 Å². The zero-order valence-corrected chi connectivity index (χ0v) is 17.4. The van der Waals surface area contributed by atoms with E-state index in [1.165, 1.54) is 23.2 Å². The van der Waals surface area contributed by atoms with Crippen molar-refractivity contribution in [3.8, 4) is 6.07 Å². The van der Waals surface area contributed by atoms with E-state index < -0.39 is 11.8 Å². The van der Waals surface area contributed by atoms with Crippen LogP contribution in [-0.2, 0) is 4.79 Å². The van der Waals surface area contributed by atoms with Crippen molar-refractivity contribution in [2.45, 2.75) is 46.0 Å². The van der Waals surface area contributed by atoms with Crippen molar-refractivity contribution < 1.29 is 4.79 Å². The number of aryl methyl sites for hydroxylation is 2. The van der Waals surface area contributed by atoms with Crippen molar-refractivity contribution in [3.05, 3.63) is 29.3 Å². The number of anilines is 1. The SMILES string of the molecule is Cc1cc(C)cc(N2CCN(CCC3CCC(C(C#N)C(N)=O)CC3)CC2)c1. The Morgan fingerprint density at radius 3 is 2.25 bits per heavy atom. The van der Waals surface area contributed by atoms with Crippen LogP contribution in [0.15, 0.2) is 18.2 Å². The average molecular weight is 383 g/mol. The van der Waals surface area contributed by atoms with Gasteiger partial charge in [-0.1, -0.05) is 18.9 Å². The second-order valence-electron chi connectivity index (χ2n) is 8.75. The Labute approximate surface area is 169 Å². The first-order valence-corrected chi connectivity index (χ1v) is 10.7. The number of nitriles is 1. The Balaban J connectivity index is 1.39. The molecule has 1 amide bonds. The number of amides is 1. The summed E-state index contributed by atoms with van der Waals surface area (Å²) >= 11 is 0. The van der Waals surface area contributed by atoms with Crippen molar-refractivity contribution in [2.75, 3.05) is 37.6 Å². The lowest BCUT2D eigenvalue weighted by Crippen LogP contribution is -2.47. The van der Waals surface area contributed by atoms with Crippen LogP contribution in [0.1, 0.15) is 43.2 Å². The van der Waals surface area contributed by atoms with Crippen LogP contribution in [0.5, 0.6) is 0 Å². The lowest BCUT2D eigenvalue weighted by Gasteiger charge is -2.37. The summed E-state index contributed by atoms with van der Waals surface area (Å²) in [6.07, 6.45) is 5.40. The standard InChI is InChI=1S/C23H34N4O/c1-17-13-18(2)15-21(14-17)27-11-9-26(10-12-27)8-7-19-3-5-20(6-4-19)22(16-24)23(25)28/h13-15,19-20,22H,3-12H2,1-2H3,(H2,25,28). The molecule has 0 spiro atoms. The minimum absolute atomic E-state index is 0.167. The van der Waals surface area contributed by atoms with Gasteiger partial charge in [0.1, 0.15) is 5.92 Å². The molecule has 2 aliphatic rings. The molecular formula is C23H34N4O. The van der Waals surface area contributed by atoms with Crippen molar-refractivity contribution >= 4 is 11.6 Å². The van der Waals surface area contributed by atoms with Gasteiger partial charge in [-0.25, -0.2) is 0 Å². The topological polar surface area (TPSA) is 73.4 Å². The number of nitrogens with zero attached hydrogens (tertiary/aromatic N) is 3. The fourth-order valence-corrected chi connectivity index (χ4v) is 4.94. The summed E-state index contributed by atoms with van der Waals surface area (Å²) in [7, 11) is 0. The van der Waals surface area contributed by atoms with E-state index in [9.17, 15) is 4.79 Å². The van der Waals surface area contributed by atoms with Crippen LogP contribution >= 0.6 is 0 Å². The number of hydrogen-bond acceptors (Lipinski definition) is 4. The van der Waals surface area contributed by atoms with Crippen LogP contribution in [0.4, 0.5) is 5.69 Å². The molecule has 2 N–H and O–H groups in total. The predicted octanol–water partition coefficient (Wildman–Crippen LogP) is 3.25. The molecule has 1 saturated carbocycles. The summed E-state index contributed by atoms with van der Waals surface area (Å²) in [5.74, 6) is -0.159. The Hall–Kier alpha value is -2.06. The fraction of sp³-hybridized carbons (Fsp3) is 0.652. The number of piperazine rings is 1. The van der Waals surface area contributed by atoms with Gasteiger partial charge >= 0.3 is 0 Å². The quantitative estimate of drug-likeness (QED) is 0.820. The van der Waals surface area contributed by atoms with Gasteiger partial charge in [0.2, 0.25) is 5.91 Å². The zero-order chi connectivity index (χ0) is 20.1. The number of carbonyl (C=O) groups excluding carboxylic acids is 1. The number of primary amides is 1. The average Bonchev–Trinajstić information content (AvgIpc) is 2.67. The maximum absolute atomic E-state index is 11.4. The Morgan fingerprint density at radius 2 is 1.71 bits per heavy atom. The van der Waals surface area contributed by atoms with Gasteiger partial charge in [0.15, 0.2) is 0 Å². The summed E-state index contributed by atoms with van der Waals surface area (Å²) in [5, 5.41) is 9.16. The highest BCUT2D eigenvalue weighted by molar-refractivity contribution is 5.79. The molecular weight excluding hydrogens is 348 g/mol. The van der Waals surface area contributed by atoms with Crippen molar-refractivity contribution in [3.63, 3.8) is 0 Å². The molecule has 0 aromatic heterocycles. The van der Waals surface area contributed by atoms with Crippen molar-refractivity contribution in [1.29, 1.82) is 5.26 Å². The molecule has 1 unspecified atom stereocenters. The maximum Gasteiger partial charge on any atom is 0.235 e. The van der Waals surface area contributed by atoms with Crippen LogP contribution in [-0.4, -0.2) is 43.5 Å². The van der Waals surface area contributed by atoms with Gasteiger partial charge in [-0.3, -0.25) is 9.69 Å². The largest absolute Gasteiger partial charge is 0.369 e. The molecule has 152 valence electrons. The molecule has 1 saturated heterocycles. The molecule has 2 fully saturated rings. The second-order valence-corrected chi connectivity index (χ2v) is 8.75. The van der Waals surface area contributed by atoms with E-state index in [0.29, 0.717) is 0 Å². The minimum Gasteiger partial charge on any atom is -0.369 e. The van der Waals surface area contributed by atoms with E-state index in [-0.39, 0.29) is 5.92 Å².